The number of amides is 1. The Morgan fingerprint density at radius 3 is 2.44 bits per heavy atom. The minimum atomic E-state index is -0.659. The fourth-order valence-electron chi connectivity index (χ4n) is 2.09. The fraction of sp³-hybridized carbons (Fsp3) is 0.0714. The lowest BCUT2D eigenvalue weighted by Crippen LogP contribution is -2.38. The second kappa shape index (κ2) is 4.16. The summed E-state index contributed by atoms with van der Waals surface area (Å²) < 4.78 is 0. The molecule has 2 aromatic rings. The van der Waals surface area contributed by atoms with Gasteiger partial charge in [-0.15, -0.1) is 0 Å². The number of nitrogens with zero attached hydrogens (tertiary/aromatic N) is 1. The zero-order valence-electron chi connectivity index (χ0n) is 9.54. The van der Waals surface area contributed by atoms with Gasteiger partial charge in [-0.05, 0) is 17.7 Å². The third kappa shape index (κ3) is 1.63. The van der Waals surface area contributed by atoms with Crippen molar-refractivity contribution < 1.29 is 4.79 Å². The molecule has 0 radical (unpaired) electrons. The molecule has 2 aromatic carbocycles. The third-order valence-corrected chi connectivity index (χ3v) is 3.00. The number of fused-ring (bicyclic) bond motifs is 1. The topological polar surface area (TPSA) is 55.4 Å². The highest BCUT2D eigenvalue weighted by atomic mass is 16.5. The molecule has 90 valence electrons. The van der Waals surface area contributed by atoms with E-state index >= 15 is 0 Å². The molecule has 1 atom stereocenters. The minimum Gasteiger partial charge on any atom is -0.754 e. The molecule has 4 nitrogen and oxygen atoms in total. The lowest BCUT2D eigenvalue weighted by atomic mass is 10.1. The molecule has 0 bridgehead atoms. The van der Waals surface area contributed by atoms with Crippen LogP contribution in [0.15, 0.2) is 54.6 Å². The standard InChI is InChI=1S/C14H11N2O2/c17-14-11-8-4-5-9-12(11)15-13(16(14)18)10-6-2-1-3-7-10/h1-9,13,15H/q-1. The summed E-state index contributed by atoms with van der Waals surface area (Å²) in [7, 11) is 0. The smallest absolute Gasteiger partial charge is 0.247 e. The van der Waals surface area contributed by atoms with Crippen LogP contribution in [0, 0.1) is 5.21 Å². The number of carbonyl (C=O) groups excluding carboxylic acids is 1. The van der Waals surface area contributed by atoms with E-state index in [1.807, 2.05) is 36.4 Å². The van der Waals surface area contributed by atoms with Gasteiger partial charge in [0.2, 0.25) is 5.91 Å². The highest BCUT2D eigenvalue weighted by Crippen LogP contribution is 2.31. The molecule has 1 unspecified atom stereocenters. The molecule has 4 heteroatoms. The summed E-state index contributed by atoms with van der Waals surface area (Å²) in [5.74, 6) is -0.502. The predicted molar refractivity (Wildman–Crippen MR) is 68.8 cm³/mol. The third-order valence-electron chi connectivity index (χ3n) is 3.00. The van der Waals surface area contributed by atoms with Crippen molar-refractivity contribution >= 4 is 11.6 Å². The summed E-state index contributed by atoms with van der Waals surface area (Å²) in [6, 6.07) is 16.2. The lowest BCUT2D eigenvalue weighted by molar-refractivity contribution is 0.0771. The van der Waals surface area contributed by atoms with E-state index in [9.17, 15) is 10.0 Å². The molecule has 0 saturated heterocycles. The van der Waals surface area contributed by atoms with E-state index in [4.69, 9.17) is 0 Å². The first kappa shape index (κ1) is 10.8. The van der Waals surface area contributed by atoms with Crippen molar-refractivity contribution in [3.8, 4) is 0 Å². The first-order valence-electron chi connectivity index (χ1n) is 5.68. The molecule has 1 aliphatic rings. The van der Waals surface area contributed by atoms with Crippen LogP contribution in [0.4, 0.5) is 5.69 Å². The number of rotatable bonds is 1. The Labute approximate surface area is 104 Å². The maximum absolute atomic E-state index is 12.0. The van der Waals surface area contributed by atoms with Gasteiger partial charge in [-0.3, -0.25) is 4.79 Å². The predicted octanol–water partition coefficient (Wildman–Crippen LogP) is 2.75. The molecule has 1 amide bonds. The molecular formula is C14H11N2O2-. The van der Waals surface area contributed by atoms with Gasteiger partial charge in [-0.1, -0.05) is 42.5 Å². The summed E-state index contributed by atoms with van der Waals surface area (Å²) in [5, 5.41) is 15.6. The second-order valence-electron chi connectivity index (χ2n) is 4.13. The van der Waals surface area contributed by atoms with Gasteiger partial charge < -0.3 is 15.6 Å². The molecular weight excluding hydrogens is 228 g/mol. The number of para-hydroxylation sites is 1. The molecule has 3 rings (SSSR count). The Morgan fingerprint density at radius 2 is 1.67 bits per heavy atom. The Hall–Kier alpha value is -2.33. The van der Waals surface area contributed by atoms with Crippen LogP contribution in [0.25, 0.3) is 0 Å². The van der Waals surface area contributed by atoms with E-state index in [2.05, 4.69) is 5.32 Å². The number of nitrogens with one attached hydrogen (secondary N) is 1. The van der Waals surface area contributed by atoms with Gasteiger partial charge in [-0.2, -0.15) is 0 Å². The van der Waals surface area contributed by atoms with Crippen LogP contribution < -0.4 is 5.32 Å². The fourth-order valence-corrected chi connectivity index (χ4v) is 2.09. The monoisotopic (exact) mass is 239 g/mol. The van der Waals surface area contributed by atoms with Gasteiger partial charge in [0, 0.05) is 5.69 Å². The maximum Gasteiger partial charge on any atom is 0.247 e. The number of hydrogen-bond acceptors (Lipinski definition) is 3. The zero-order valence-corrected chi connectivity index (χ0v) is 9.54. The van der Waals surface area contributed by atoms with Gasteiger partial charge in [0.25, 0.3) is 0 Å². The molecule has 0 aliphatic carbocycles. The van der Waals surface area contributed by atoms with Crippen molar-refractivity contribution in [3.63, 3.8) is 0 Å². The Bertz CT molecular complexity index is 583. The highest BCUT2D eigenvalue weighted by molar-refractivity contribution is 6.01. The van der Waals surface area contributed by atoms with E-state index in [1.54, 1.807) is 18.2 Å². The van der Waals surface area contributed by atoms with Crippen LogP contribution in [-0.4, -0.2) is 11.0 Å². The van der Waals surface area contributed by atoms with Crippen molar-refractivity contribution in [1.29, 1.82) is 0 Å². The SMILES string of the molecule is O=C1c2ccccc2NC(c2ccccc2)N1[O-]. The Balaban J connectivity index is 2.04. The van der Waals surface area contributed by atoms with Gasteiger partial charge in [0.15, 0.2) is 0 Å². The first-order valence-corrected chi connectivity index (χ1v) is 5.68. The Morgan fingerprint density at radius 1 is 1.00 bits per heavy atom. The van der Waals surface area contributed by atoms with Crippen LogP contribution in [0.3, 0.4) is 0 Å². The van der Waals surface area contributed by atoms with Crippen LogP contribution in [0.2, 0.25) is 0 Å². The van der Waals surface area contributed by atoms with Crippen molar-refractivity contribution in [2.24, 2.45) is 0 Å². The molecule has 18 heavy (non-hydrogen) atoms. The van der Waals surface area contributed by atoms with Gasteiger partial charge in [0.1, 0.15) is 6.17 Å². The average Bonchev–Trinajstić information content (AvgIpc) is 2.44. The van der Waals surface area contributed by atoms with E-state index < -0.39 is 12.1 Å². The summed E-state index contributed by atoms with van der Waals surface area (Å²) in [6.45, 7) is 0. The van der Waals surface area contributed by atoms with Gasteiger partial charge >= 0.3 is 0 Å². The average molecular weight is 239 g/mol. The van der Waals surface area contributed by atoms with E-state index in [0.717, 1.165) is 5.56 Å². The number of hydroxylamine groups is 2. The van der Waals surface area contributed by atoms with Crippen LogP contribution in [0.5, 0.6) is 0 Å². The second-order valence-corrected chi connectivity index (χ2v) is 4.13. The molecule has 1 aliphatic heterocycles. The van der Waals surface area contributed by atoms with Gasteiger partial charge in [0.05, 0.1) is 5.56 Å². The minimum absolute atomic E-state index is 0.416. The van der Waals surface area contributed by atoms with Crippen LogP contribution in [0.1, 0.15) is 22.1 Å². The van der Waals surface area contributed by atoms with E-state index in [-0.39, 0.29) is 0 Å². The normalized spacial score (nSPS) is 18.2. The summed E-state index contributed by atoms with van der Waals surface area (Å²) in [5.41, 5.74) is 1.89. The van der Waals surface area contributed by atoms with Crippen molar-refractivity contribution in [3.05, 3.63) is 70.9 Å². The number of benzene rings is 2. The summed E-state index contributed by atoms with van der Waals surface area (Å²) in [4.78, 5) is 12.0. The maximum atomic E-state index is 12.0. The first-order chi connectivity index (χ1) is 8.77. The Kier molecular flexibility index (Phi) is 2.50. The molecule has 0 aromatic heterocycles. The number of hydrogen-bond donors (Lipinski definition) is 1. The van der Waals surface area contributed by atoms with Crippen molar-refractivity contribution in [2.45, 2.75) is 6.17 Å². The van der Waals surface area contributed by atoms with Crippen molar-refractivity contribution in [2.75, 3.05) is 5.32 Å². The summed E-state index contributed by atoms with van der Waals surface area (Å²) >= 11 is 0. The molecule has 0 saturated carbocycles. The molecule has 0 fully saturated rings. The quantitative estimate of drug-likeness (QED) is 0.832. The highest BCUT2D eigenvalue weighted by Gasteiger charge is 2.26. The number of carbonyl (C=O) groups is 1. The molecule has 0 spiro atoms. The van der Waals surface area contributed by atoms with E-state index in [0.29, 0.717) is 16.3 Å². The summed E-state index contributed by atoms with van der Waals surface area (Å²) in [6.07, 6.45) is -0.659. The lowest BCUT2D eigenvalue weighted by Gasteiger charge is -2.42. The van der Waals surface area contributed by atoms with Crippen LogP contribution >= 0.6 is 0 Å². The zero-order chi connectivity index (χ0) is 12.5. The van der Waals surface area contributed by atoms with Crippen molar-refractivity contribution in [1.82, 2.24) is 5.06 Å². The number of anilines is 1. The van der Waals surface area contributed by atoms with Gasteiger partial charge in [-0.25, -0.2) is 0 Å². The van der Waals surface area contributed by atoms with E-state index in [1.165, 1.54) is 0 Å². The molecule has 1 heterocycles. The van der Waals surface area contributed by atoms with Crippen LogP contribution in [-0.2, 0) is 0 Å². The molecule has 1 N–H and O–H groups in total. The largest absolute Gasteiger partial charge is 0.754 e.